The number of methoxy groups -OCH3 is 1. The highest BCUT2D eigenvalue weighted by Crippen LogP contribution is 2.23. The molecule has 2 amide bonds. The molecule has 0 bridgehead atoms. The van der Waals surface area contributed by atoms with E-state index < -0.39 is 11.8 Å². The molecule has 0 aromatic heterocycles. The van der Waals surface area contributed by atoms with Crippen LogP contribution in [0.15, 0.2) is 42.5 Å². The molecule has 2 rings (SSSR count). The summed E-state index contributed by atoms with van der Waals surface area (Å²) in [5.41, 5.74) is 4.74. The maximum atomic E-state index is 12.1. The molecule has 0 heterocycles. The van der Waals surface area contributed by atoms with Crippen molar-refractivity contribution in [3.05, 3.63) is 58.1 Å². The van der Waals surface area contributed by atoms with Gasteiger partial charge < -0.3 is 9.47 Å². The molecular formula is C16H14Cl2N2O4. The molecule has 2 aromatic carbocycles. The van der Waals surface area contributed by atoms with Gasteiger partial charge in [-0.3, -0.25) is 20.4 Å². The third-order valence-corrected chi connectivity index (χ3v) is 3.47. The number of hydrogen-bond donors (Lipinski definition) is 2. The molecule has 6 nitrogen and oxygen atoms in total. The fourth-order valence-electron chi connectivity index (χ4n) is 1.79. The molecule has 24 heavy (non-hydrogen) atoms. The minimum Gasteiger partial charge on any atom is -0.496 e. The summed E-state index contributed by atoms with van der Waals surface area (Å²) >= 11 is 11.7. The Balaban J connectivity index is 1.87. The normalized spacial score (nSPS) is 9.96. The van der Waals surface area contributed by atoms with E-state index in [2.05, 4.69) is 10.9 Å². The number of carbonyl (C=O) groups excluding carboxylic acids is 2. The molecule has 126 valence electrons. The van der Waals surface area contributed by atoms with Gasteiger partial charge in [-0.15, -0.1) is 0 Å². The summed E-state index contributed by atoms with van der Waals surface area (Å²) in [6.07, 6.45) is 0. The molecule has 0 saturated carbocycles. The Morgan fingerprint density at radius 3 is 2.50 bits per heavy atom. The molecule has 0 aliphatic carbocycles. The van der Waals surface area contributed by atoms with E-state index in [1.165, 1.54) is 19.2 Å². The molecule has 0 saturated heterocycles. The van der Waals surface area contributed by atoms with Gasteiger partial charge in [0.1, 0.15) is 11.5 Å². The summed E-state index contributed by atoms with van der Waals surface area (Å²) in [7, 11) is 1.42. The van der Waals surface area contributed by atoms with Crippen LogP contribution in [0.2, 0.25) is 10.0 Å². The average Bonchev–Trinajstić information content (AvgIpc) is 2.58. The standard InChI is InChI=1S/C16H14Cl2N2O4/c1-23-14-8-10(17)6-7-11(14)16(22)20-19-15(21)9-24-13-5-3-2-4-12(13)18/h2-8H,9H2,1H3,(H,19,21)(H,20,22). The zero-order valence-electron chi connectivity index (χ0n) is 12.6. The highest BCUT2D eigenvalue weighted by molar-refractivity contribution is 6.32. The van der Waals surface area contributed by atoms with Crippen LogP contribution in [0.5, 0.6) is 11.5 Å². The first-order valence-corrected chi connectivity index (χ1v) is 7.57. The monoisotopic (exact) mass is 368 g/mol. The van der Waals surface area contributed by atoms with Gasteiger partial charge in [0, 0.05) is 5.02 Å². The van der Waals surface area contributed by atoms with Crippen LogP contribution in [-0.2, 0) is 4.79 Å². The summed E-state index contributed by atoms with van der Waals surface area (Å²) in [6.45, 7) is -0.304. The summed E-state index contributed by atoms with van der Waals surface area (Å²) in [5.74, 6) is -0.424. The number of hydrazine groups is 1. The second-order valence-electron chi connectivity index (χ2n) is 4.57. The molecule has 0 spiro atoms. The second-order valence-corrected chi connectivity index (χ2v) is 5.41. The van der Waals surface area contributed by atoms with E-state index in [9.17, 15) is 9.59 Å². The van der Waals surface area contributed by atoms with E-state index in [0.717, 1.165) is 0 Å². The van der Waals surface area contributed by atoms with Crippen LogP contribution in [0.3, 0.4) is 0 Å². The van der Waals surface area contributed by atoms with E-state index in [4.69, 9.17) is 32.7 Å². The third-order valence-electron chi connectivity index (χ3n) is 2.92. The first-order valence-electron chi connectivity index (χ1n) is 6.81. The van der Waals surface area contributed by atoms with Gasteiger partial charge in [0.05, 0.1) is 17.7 Å². The molecule has 0 radical (unpaired) electrons. The fourth-order valence-corrected chi connectivity index (χ4v) is 2.14. The Morgan fingerprint density at radius 2 is 1.79 bits per heavy atom. The second kappa shape index (κ2) is 8.42. The van der Waals surface area contributed by atoms with E-state index in [0.29, 0.717) is 21.5 Å². The quantitative estimate of drug-likeness (QED) is 0.795. The Kier molecular flexibility index (Phi) is 6.28. The van der Waals surface area contributed by atoms with Crippen molar-refractivity contribution < 1.29 is 19.1 Å². The lowest BCUT2D eigenvalue weighted by Crippen LogP contribution is -2.43. The van der Waals surface area contributed by atoms with E-state index in [-0.39, 0.29) is 12.2 Å². The van der Waals surface area contributed by atoms with Crippen LogP contribution in [-0.4, -0.2) is 25.5 Å². The number of para-hydroxylation sites is 1. The molecule has 0 aliphatic rings. The molecule has 2 aromatic rings. The van der Waals surface area contributed by atoms with Crippen molar-refractivity contribution in [1.82, 2.24) is 10.9 Å². The maximum absolute atomic E-state index is 12.1. The van der Waals surface area contributed by atoms with Gasteiger partial charge in [0.25, 0.3) is 11.8 Å². The zero-order chi connectivity index (χ0) is 17.5. The summed E-state index contributed by atoms with van der Waals surface area (Å²) < 4.78 is 10.3. The molecule has 8 heteroatoms. The lowest BCUT2D eigenvalue weighted by Gasteiger charge is -2.11. The van der Waals surface area contributed by atoms with Gasteiger partial charge in [0.15, 0.2) is 6.61 Å². The van der Waals surface area contributed by atoms with Gasteiger partial charge >= 0.3 is 0 Å². The van der Waals surface area contributed by atoms with Crippen LogP contribution in [0.4, 0.5) is 0 Å². The number of halogens is 2. The van der Waals surface area contributed by atoms with Crippen molar-refractivity contribution in [2.24, 2.45) is 0 Å². The zero-order valence-corrected chi connectivity index (χ0v) is 14.1. The predicted molar refractivity (Wildman–Crippen MR) is 90.6 cm³/mol. The number of carbonyl (C=O) groups is 2. The SMILES string of the molecule is COc1cc(Cl)ccc1C(=O)NNC(=O)COc1ccccc1Cl. The Morgan fingerprint density at radius 1 is 1.04 bits per heavy atom. The predicted octanol–water partition coefficient (Wildman–Crippen LogP) is 2.84. The maximum Gasteiger partial charge on any atom is 0.276 e. The van der Waals surface area contributed by atoms with Gasteiger partial charge in [0.2, 0.25) is 0 Å². The molecular weight excluding hydrogens is 355 g/mol. The van der Waals surface area contributed by atoms with Crippen molar-refractivity contribution in [2.45, 2.75) is 0 Å². The molecule has 0 fully saturated rings. The highest BCUT2D eigenvalue weighted by atomic mass is 35.5. The highest BCUT2D eigenvalue weighted by Gasteiger charge is 2.14. The van der Waals surface area contributed by atoms with E-state index in [1.54, 1.807) is 30.3 Å². The van der Waals surface area contributed by atoms with Gasteiger partial charge in [-0.2, -0.15) is 0 Å². The van der Waals surface area contributed by atoms with Crippen LogP contribution in [0, 0.1) is 0 Å². The first-order chi connectivity index (χ1) is 11.5. The fraction of sp³-hybridized carbons (Fsp3) is 0.125. The number of ether oxygens (including phenoxy) is 2. The van der Waals surface area contributed by atoms with Crippen molar-refractivity contribution in [3.63, 3.8) is 0 Å². The lowest BCUT2D eigenvalue weighted by atomic mass is 10.2. The number of hydrogen-bond acceptors (Lipinski definition) is 4. The number of amides is 2. The molecule has 2 N–H and O–H groups in total. The largest absolute Gasteiger partial charge is 0.496 e. The van der Waals surface area contributed by atoms with E-state index in [1.807, 2.05) is 0 Å². The van der Waals surface area contributed by atoms with Crippen LogP contribution < -0.4 is 20.3 Å². The van der Waals surface area contributed by atoms with Crippen molar-refractivity contribution in [2.75, 3.05) is 13.7 Å². The molecule has 0 atom stereocenters. The Labute approximate surface area is 148 Å². The average molecular weight is 369 g/mol. The number of rotatable bonds is 5. The summed E-state index contributed by atoms with van der Waals surface area (Å²) in [4.78, 5) is 23.8. The third kappa shape index (κ3) is 4.78. The molecule has 0 aliphatic heterocycles. The minimum absolute atomic E-state index is 0.231. The van der Waals surface area contributed by atoms with Crippen LogP contribution in [0.1, 0.15) is 10.4 Å². The minimum atomic E-state index is -0.547. The van der Waals surface area contributed by atoms with Crippen molar-refractivity contribution >= 4 is 35.0 Å². The Hall–Kier alpha value is -2.44. The van der Waals surface area contributed by atoms with Gasteiger partial charge in [-0.1, -0.05) is 35.3 Å². The Bertz CT molecular complexity index is 753. The summed E-state index contributed by atoms with van der Waals surface area (Å²) in [5, 5.41) is 0.820. The van der Waals surface area contributed by atoms with Crippen molar-refractivity contribution in [1.29, 1.82) is 0 Å². The smallest absolute Gasteiger partial charge is 0.276 e. The summed E-state index contributed by atoms with van der Waals surface area (Å²) in [6, 6.07) is 11.3. The van der Waals surface area contributed by atoms with Gasteiger partial charge in [-0.25, -0.2) is 0 Å². The first kappa shape index (κ1) is 17.9. The lowest BCUT2D eigenvalue weighted by molar-refractivity contribution is -0.123. The van der Waals surface area contributed by atoms with Gasteiger partial charge in [-0.05, 0) is 30.3 Å². The van der Waals surface area contributed by atoms with Crippen LogP contribution in [0.25, 0.3) is 0 Å². The van der Waals surface area contributed by atoms with Crippen LogP contribution >= 0.6 is 23.2 Å². The molecule has 0 unspecified atom stereocenters. The van der Waals surface area contributed by atoms with E-state index >= 15 is 0 Å². The number of nitrogens with one attached hydrogen (secondary N) is 2. The topological polar surface area (TPSA) is 76.7 Å². The number of benzene rings is 2. The van der Waals surface area contributed by atoms with Crippen molar-refractivity contribution in [3.8, 4) is 11.5 Å².